The minimum atomic E-state index is -0.593. The van der Waals surface area contributed by atoms with Crippen molar-refractivity contribution in [1.82, 2.24) is 4.72 Å². The third kappa shape index (κ3) is 14.8. The standard InChI is InChI=1S/C15H30O2.C3H5NO2S/c1-3-5-7-8-9-10-11-13-14(15(16)17)12-6-4-2;5-3-6-2-1-4-7-3/h14H,3-13H2,1-2H3,(H,16,17);4H,1-2H2. The quantitative estimate of drug-likeness (QED) is 0.276. The molecule has 1 aliphatic rings. The van der Waals surface area contributed by atoms with Crippen molar-refractivity contribution in [3.63, 3.8) is 0 Å². The smallest absolute Gasteiger partial charge is 0.382 e. The maximum atomic E-state index is 11.0. The summed E-state index contributed by atoms with van der Waals surface area (Å²) in [7, 11) is 0. The number of carboxylic acid groups (broad SMARTS) is 1. The zero-order valence-corrected chi connectivity index (χ0v) is 16.2. The molecule has 1 rings (SSSR count). The summed E-state index contributed by atoms with van der Waals surface area (Å²) in [6.45, 7) is 5.61. The van der Waals surface area contributed by atoms with E-state index in [1.54, 1.807) is 0 Å². The highest BCUT2D eigenvalue weighted by atomic mass is 32.2. The van der Waals surface area contributed by atoms with Crippen LogP contribution in [0.5, 0.6) is 0 Å². The molecule has 5 nitrogen and oxygen atoms in total. The predicted octanol–water partition coefficient (Wildman–Crippen LogP) is 5.39. The first kappa shape index (κ1) is 23.2. The van der Waals surface area contributed by atoms with Crippen LogP contribution in [0.3, 0.4) is 0 Å². The van der Waals surface area contributed by atoms with Gasteiger partial charge in [0, 0.05) is 18.5 Å². The van der Waals surface area contributed by atoms with E-state index in [2.05, 4.69) is 23.3 Å². The fraction of sp³-hybridized carbons (Fsp3) is 0.889. The Balaban J connectivity index is 0.000000620. The van der Waals surface area contributed by atoms with Gasteiger partial charge in [-0.05, 0) is 12.8 Å². The molecule has 1 aliphatic heterocycles. The summed E-state index contributed by atoms with van der Waals surface area (Å²) in [5.41, 5.74) is 0. The summed E-state index contributed by atoms with van der Waals surface area (Å²) in [5, 5.41) is 8.84. The molecule has 0 bridgehead atoms. The number of ether oxygens (including phenoxy) is 1. The number of carbonyl (C=O) groups excluding carboxylic acids is 1. The van der Waals surface area contributed by atoms with Crippen LogP contribution in [0.25, 0.3) is 0 Å². The van der Waals surface area contributed by atoms with Gasteiger partial charge < -0.3 is 9.84 Å². The van der Waals surface area contributed by atoms with E-state index < -0.39 is 5.97 Å². The van der Waals surface area contributed by atoms with Crippen molar-refractivity contribution in [2.75, 3.05) is 13.2 Å². The lowest BCUT2D eigenvalue weighted by molar-refractivity contribution is -0.142. The van der Waals surface area contributed by atoms with E-state index in [-0.39, 0.29) is 11.2 Å². The molecule has 2 N–H and O–H groups in total. The number of hydrogen-bond donors (Lipinski definition) is 2. The fourth-order valence-electron chi connectivity index (χ4n) is 2.51. The van der Waals surface area contributed by atoms with E-state index in [1.165, 1.54) is 38.5 Å². The first-order chi connectivity index (χ1) is 11.6. The van der Waals surface area contributed by atoms with Crippen LogP contribution in [0, 0.1) is 5.92 Å². The Labute approximate surface area is 151 Å². The fourth-order valence-corrected chi connectivity index (χ4v) is 2.95. The summed E-state index contributed by atoms with van der Waals surface area (Å²) in [4.78, 5) is 21.2. The molecule has 1 heterocycles. The second kappa shape index (κ2) is 17.1. The molecule has 0 aromatic rings. The van der Waals surface area contributed by atoms with Gasteiger partial charge in [0.25, 0.3) is 0 Å². The number of carbonyl (C=O) groups is 2. The van der Waals surface area contributed by atoms with Crippen LogP contribution in [-0.2, 0) is 9.53 Å². The Morgan fingerprint density at radius 1 is 1.08 bits per heavy atom. The van der Waals surface area contributed by atoms with E-state index in [0.29, 0.717) is 6.61 Å². The predicted molar refractivity (Wildman–Crippen MR) is 100 cm³/mol. The SMILES string of the molecule is CCCCCCCCCC(CCCC)C(=O)O.O=C1OCCNS1. The second-order valence-corrected chi connectivity index (χ2v) is 7.01. The molecule has 0 aromatic heterocycles. The van der Waals surface area contributed by atoms with Crippen LogP contribution >= 0.6 is 11.9 Å². The van der Waals surface area contributed by atoms with Crippen LogP contribution in [0.4, 0.5) is 4.79 Å². The van der Waals surface area contributed by atoms with Crippen molar-refractivity contribution in [3.8, 4) is 0 Å². The number of carboxylic acids is 1. The molecule has 0 aromatic carbocycles. The second-order valence-electron chi connectivity index (χ2n) is 6.18. The first-order valence-corrected chi connectivity index (χ1v) is 10.2. The zero-order valence-electron chi connectivity index (χ0n) is 15.3. The molecular formula is C18H35NO4S. The molecule has 6 heteroatoms. The van der Waals surface area contributed by atoms with Crippen molar-refractivity contribution in [2.45, 2.75) is 84.5 Å². The van der Waals surface area contributed by atoms with E-state index in [0.717, 1.165) is 50.6 Å². The van der Waals surface area contributed by atoms with E-state index >= 15 is 0 Å². The average molecular weight is 362 g/mol. The largest absolute Gasteiger partial charge is 0.481 e. The summed E-state index contributed by atoms with van der Waals surface area (Å²) in [6.07, 6.45) is 12.8. The van der Waals surface area contributed by atoms with Crippen molar-refractivity contribution >= 4 is 23.2 Å². The van der Waals surface area contributed by atoms with Crippen LogP contribution < -0.4 is 4.72 Å². The molecule has 1 saturated heterocycles. The van der Waals surface area contributed by atoms with E-state index in [4.69, 9.17) is 5.11 Å². The van der Waals surface area contributed by atoms with Gasteiger partial charge in [-0.3, -0.25) is 9.52 Å². The van der Waals surface area contributed by atoms with E-state index in [9.17, 15) is 9.59 Å². The van der Waals surface area contributed by atoms with Gasteiger partial charge in [0.1, 0.15) is 6.61 Å². The van der Waals surface area contributed by atoms with Crippen molar-refractivity contribution in [3.05, 3.63) is 0 Å². The highest BCUT2D eigenvalue weighted by molar-refractivity contribution is 8.11. The molecule has 1 atom stereocenters. The zero-order chi connectivity index (χ0) is 18.0. The maximum absolute atomic E-state index is 11.0. The summed E-state index contributed by atoms with van der Waals surface area (Å²) < 4.78 is 7.32. The highest BCUT2D eigenvalue weighted by Gasteiger charge is 2.15. The number of aliphatic carboxylic acids is 1. The van der Waals surface area contributed by atoms with Gasteiger partial charge >= 0.3 is 11.3 Å². The molecule has 24 heavy (non-hydrogen) atoms. The number of unbranched alkanes of at least 4 members (excludes halogenated alkanes) is 7. The third-order valence-corrected chi connectivity index (χ3v) is 4.62. The number of rotatable bonds is 12. The molecule has 1 unspecified atom stereocenters. The minimum Gasteiger partial charge on any atom is -0.481 e. The van der Waals surface area contributed by atoms with Crippen molar-refractivity contribution in [2.24, 2.45) is 5.92 Å². The van der Waals surface area contributed by atoms with Gasteiger partial charge in [-0.1, -0.05) is 71.6 Å². The van der Waals surface area contributed by atoms with Gasteiger partial charge in [0.05, 0.1) is 5.92 Å². The van der Waals surface area contributed by atoms with Crippen LogP contribution in [0.2, 0.25) is 0 Å². The molecular weight excluding hydrogens is 326 g/mol. The van der Waals surface area contributed by atoms with Gasteiger partial charge in [-0.15, -0.1) is 0 Å². The van der Waals surface area contributed by atoms with Gasteiger partial charge in [-0.25, -0.2) is 4.79 Å². The van der Waals surface area contributed by atoms with Crippen LogP contribution in [-0.4, -0.2) is 29.5 Å². The Morgan fingerprint density at radius 2 is 1.67 bits per heavy atom. The van der Waals surface area contributed by atoms with Gasteiger partial charge in [0.2, 0.25) is 0 Å². The minimum absolute atomic E-state index is 0.0920. The number of nitrogens with one attached hydrogen (secondary N) is 1. The topological polar surface area (TPSA) is 75.6 Å². The van der Waals surface area contributed by atoms with Gasteiger partial charge in [0.15, 0.2) is 0 Å². The Morgan fingerprint density at radius 3 is 2.12 bits per heavy atom. The molecule has 0 aliphatic carbocycles. The third-order valence-electron chi connectivity index (χ3n) is 3.99. The normalized spacial score (nSPS) is 15.2. The monoisotopic (exact) mass is 361 g/mol. The van der Waals surface area contributed by atoms with Crippen molar-refractivity contribution in [1.29, 1.82) is 0 Å². The molecule has 0 radical (unpaired) electrons. The Bertz CT molecular complexity index is 318. The summed E-state index contributed by atoms with van der Waals surface area (Å²) in [6, 6.07) is 0. The molecule has 142 valence electrons. The van der Waals surface area contributed by atoms with Crippen LogP contribution in [0.15, 0.2) is 0 Å². The maximum Gasteiger partial charge on any atom is 0.382 e. The Kier molecular flexibility index (Phi) is 16.6. The molecule has 1 fully saturated rings. The lowest BCUT2D eigenvalue weighted by Crippen LogP contribution is -2.22. The number of cyclic esters (lactones) is 1. The number of hydrogen-bond acceptors (Lipinski definition) is 5. The van der Waals surface area contributed by atoms with E-state index in [1.807, 2.05) is 0 Å². The highest BCUT2D eigenvalue weighted by Crippen LogP contribution is 2.18. The Hall–Kier alpha value is -0.750. The van der Waals surface area contributed by atoms with Crippen LogP contribution in [0.1, 0.15) is 84.5 Å². The summed E-state index contributed by atoms with van der Waals surface area (Å²) in [5.74, 6) is -0.685. The first-order valence-electron chi connectivity index (χ1n) is 9.41. The lowest BCUT2D eigenvalue weighted by atomic mass is 9.95. The lowest BCUT2D eigenvalue weighted by Gasteiger charge is -2.11. The molecule has 0 amide bonds. The van der Waals surface area contributed by atoms with Crippen molar-refractivity contribution < 1.29 is 19.4 Å². The molecule has 0 saturated carbocycles. The van der Waals surface area contributed by atoms with Gasteiger partial charge in [-0.2, -0.15) is 0 Å². The molecule has 0 spiro atoms. The summed E-state index contributed by atoms with van der Waals surface area (Å²) >= 11 is 1.01. The average Bonchev–Trinajstić information content (AvgIpc) is 2.57.